The number of nitrogens with one attached hydrogen (secondary N) is 2. The van der Waals surface area contributed by atoms with Crippen LogP contribution in [0.4, 0.5) is 5.69 Å². The molecule has 0 aliphatic rings. The molecule has 6 heteroatoms. The van der Waals surface area contributed by atoms with Crippen LogP contribution in [0.1, 0.15) is 44.9 Å². The van der Waals surface area contributed by atoms with E-state index in [0.717, 1.165) is 0 Å². The van der Waals surface area contributed by atoms with Gasteiger partial charge in [-0.1, -0.05) is 32.0 Å². The molecule has 0 heterocycles. The summed E-state index contributed by atoms with van der Waals surface area (Å²) in [4.78, 5) is 36.5. The Balaban J connectivity index is 2.17. The van der Waals surface area contributed by atoms with Crippen LogP contribution in [0.25, 0.3) is 0 Å². The highest BCUT2D eigenvalue weighted by Gasteiger charge is 2.15. The van der Waals surface area contributed by atoms with Gasteiger partial charge in [-0.15, -0.1) is 0 Å². The van der Waals surface area contributed by atoms with Crippen LogP contribution in [0.2, 0.25) is 0 Å². The fraction of sp³-hybridized carbons (Fsp3) is 0.250. The molecule has 2 aromatic rings. The van der Waals surface area contributed by atoms with Gasteiger partial charge in [0, 0.05) is 17.7 Å². The van der Waals surface area contributed by atoms with E-state index in [-0.39, 0.29) is 11.5 Å². The van der Waals surface area contributed by atoms with Crippen LogP contribution in [0, 0.1) is 5.92 Å². The number of ether oxygens (including phenoxy) is 1. The van der Waals surface area contributed by atoms with Crippen molar-refractivity contribution < 1.29 is 19.1 Å². The molecular weight excluding hydrogens is 332 g/mol. The number of methoxy groups -OCH3 is 1. The number of amides is 2. The summed E-state index contributed by atoms with van der Waals surface area (Å²) in [5, 5.41) is 5.50. The number of hydrogen-bond donors (Lipinski definition) is 2. The maximum Gasteiger partial charge on any atom is 0.339 e. The third-order valence-electron chi connectivity index (χ3n) is 3.64. The van der Waals surface area contributed by atoms with Gasteiger partial charge in [0.2, 0.25) is 0 Å². The second-order valence-electron chi connectivity index (χ2n) is 6.18. The van der Waals surface area contributed by atoms with Gasteiger partial charge in [-0.05, 0) is 36.2 Å². The lowest BCUT2D eigenvalue weighted by Crippen LogP contribution is -2.27. The largest absolute Gasteiger partial charge is 0.465 e. The summed E-state index contributed by atoms with van der Waals surface area (Å²) in [7, 11) is 1.28. The van der Waals surface area contributed by atoms with E-state index in [4.69, 9.17) is 4.74 Å². The van der Waals surface area contributed by atoms with Crippen LogP contribution >= 0.6 is 0 Å². The van der Waals surface area contributed by atoms with E-state index < -0.39 is 11.9 Å². The topological polar surface area (TPSA) is 84.5 Å². The Kier molecular flexibility index (Phi) is 6.49. The predicted octanol–water partition coefficient (Wildman–Crippen LogP) is 3.11. The number of carbonyl (C=O) groups excluding carboxylic acids is 3. The first kappa shape index (κ1) is 19.2. The number of benzene rings is 2. The lowest BCUT2D eigenvalue weighted by atomic mass is 10.1. The van der Waals surface area contributed by atoms with Gasteiger partial charge < -0.3 is 15.4 Å². The van der Waals surface area contributed by atoms with Crippen LogP contribution in [-0.4, -0.2) is 31.4 Å². The minimum absolute atomic E-state index is 0.233. The Morgan fingerprint density at radius 1 is 0.962 bits per heavy atom. The van der Waals surface area contributed by atoms with E-state index in [0.29, 0.717) is 29.3 Å². The van der Waals surface area contributed by atoms with Crippen molar-refractivity contribution in [2.45, 2.75) is 13.8 Å². The second kappa shape index (κ2) is 8.80. The van der Waals surface area contributed by atoms with Crippen LogP contribution in [0.5, 0.6) is 0 Å². The molecule has 26 heavy (non-hydrogen) atoms. The highest BCUT2D eigenvalue weighted by atomic mass is 16.5. The standard InChI is InChI=1S/C20H22N2O4/c1-13(2)12-21-18(23)14-7-6-8-15(11-14)19(24)22-17-10-5-4-9-16(17)20(25)26-3/h4-11,13H,12H2,1-3H3,(H,21,23)(H,22,24). The molecule has 2 aromatic carbocycles. The first-order chi connectivity index (χ1) is 12.4. The SMILES string of the molecule is COC(=O)c1ccccc1NC(=O)c1cccc(C(=O)NCC(C)C)c1. The minimum Gasteiger partial charge on any atom is -0.465 e. The molecule has 0 aliphatic heterocycles. The van der Waals surface area contributed by atoms with Crippen molar-refractivity contribution >= 4 is 23.5 Å². The Morgan fingerprint density at radius 2 is 1.62 bits per heavy atom. The summed E-state index contributed by atoms with van der Waals surface area (Å²) in [6.07, 6.45) is 0. The van der Waals surface area contributed by atoms with Gasteiger partial charge in [-0.25, -0.2) is 4.79 Å². The first-order valence-corrected chi connectivity index (χ1v) is 8.29. The van der Waals surface area contributed by atoms with E-state index in [1.807, 2.05) is 13.8 Å². The molecular formula is C20H22N2O4. The van der Waals surface area contributed by atoms with Gasteiger partial charge >= 0.3 is 5.97 Å². The lowest BCUT2D eigenvalue weighted by Gasteiger charge is -2.11. The van der Waals surface area contributed by atoms with Crippen molar-refractivity contribution in [1.29, 1.82) is 0 Å². The van der Waals surface area contributed by atoms with Crippen molar-refractivity contribution in [3.63, 3.8) is 0 Å². The molecule has 0 spiro atoms. The van der Waals surface area contributed by atoms with Crippen molar-refractivity contribution in [3.05, 3.63) is 65.2 Å². The van der Waals surface area contributed by atoms with E-state index in [1.54, 1.807) is 42.5 Å². The van der Waals surface area contributed by atoms with Gasteiger partial charge in [0.25, 0.3) is 11.8 Å². The normalized spacial score (nSPS) is 10.3. The molecule has 0 atom stereocenters. The molecule has 2 amide bonds. The zero-order valence-electron chi connectivity index (χ0n) is 15.0. The molecule has 6 nitrogen and oxygen atoms in total. The quantitative estimate of drug-likeness (QED) is 0.781. The number of hydrogen-bond acceptors (Lipinski definition) is 4. The Labute approximate surface area is 152 Å². The molecule has 0 radical (unpaired) electrons. The molecule has 0 aliphatic carbocycles. The van der Waals surface area contributed by atoms with Gasteiger partial charge in [-0.2, -0.15) is 0 Å². The van der Waals surface area contributed by atoms with Gasteiger partial charge in [0.15, 0.2) is 0 Å². The van der Waals surface area contributed by atoms with E-state index in [2.05, 4.69) is 10.6 Å². The molecule has 2 rings (SSSR count). The molecule has 136 valence electrons. The Morgan fingerprint density at radius 3 is 2.27 bits per heavy atom. The lowest BCUT2D eigenvalue weighted by molar-refractivity contribution is 0.0601. The molecule has 0 aromatic heterocycles. The number of anilines is 1. The maximum absolute atomic E-state index is 12.5. The summed E-state index contributed by atoms with van der Waals surface area (Å²) in [6.45, 7) is 4.56. The number of carbonyl (C=O) groups is 3. The zero-order chi connectivity index (χ0) is 19.1. The van der Waals surface area contributed by atoms with Gasteiger partial charge in [0.05, 0.1) is 18.4 Å². The van der Waals surface area contributed by atoms with Crippen molar-refractivity contribution in [3.8, 4) is 0 Å². The molecule has 0 fully saturated rings. The maximum atomic E-state index is 12.5. The molecule has 0 unspecified atom stereocenters. The summed E-state index contributed by atoms with van der Waals surface area (Å²) >= 11 is 0. The smallest absolute Gasteiger partial charge is 0.339 e. The van der Waals surface area contributed by atoms with Crippen molar-refractivity contribution in [2.24, 2.45) is 5.92 Å². The average molecular weight is 354 g/mol. The van der Waals surface area contributed by atoms with Crippen LogP contribution < -0.4 is 10.6 Å². The van der Waals surface area contributed by atoms with E-state index in [1.165, 1.54) is 13.2 Å². The highest BCUT2D eigenvalue weighted by Crippen LogP contribution is 2.17. The Hall–Kier alpha value is -3.15. The monoisotopic (exact) mass is 354 g/mol. The summed E-state index contributed by atoms with van der Waals surface area (Å²) in [5.41, 5.74) is 1.33. The van der Waals surface area contributed by atoms with Crippen LogP contribution in [0.15, 0.2) is 48.5 Å². The van der Waals surface area contributed by atoms with Crippen molar-refractivity contribution in [1.82, 2.24) is 5.32 Å². The van der Waals surface area contributed by atoms with E-state index in [9.17, 15) is 14.4 Å². The summed E-state index contributed by atoms with van der Waals surface area (Å²) < 4.78 is 4.72. The number of rotatable bonds is 6. The van der Waals surface area contributed by atoms with Gasteiger partial charge in [-0.3, -0.25) is 9.59 Å². The Bertz CT molecular complexity index is 815. The van der Waals surface area contributed by atoms with Crippen LogP contribution in [0.3, 0.4) is 0 Å². The summed E-state index contributed by atoms with van der Waals surface area (Å²) in [6, 6.07) is 13.0. The molecule has 0 bridgehead atoms. The molecule has 0 saturated carbocycles. The fourth-order valence-corrected chi connectivity index (χ4v) is 2.28. The highest BCUT2D eigenvalue weighted by molar-refractivity contribution is 6.09. The third kappa shape index (κ3) is 4.92. The zero-order valence-corrected chi connectivity index (χ0v) is 15.0. The van der Waals surface area contributed by atoms with Crippen LogP contribution in [-0.2, 0) is 4.74 Å². The predicted molar refractivity (Wildman–Crippen MR) is 99.3 cm³/mol. The molecule has 0 saturated heterocycles. The fourth-order valence-electron chi connectivity index (χ4n) is 2.28. The molecule has 2 N–H and O–H groups in total. The number of esters is 1. The minimum atomic E-state index is -0.539. The first-order valence-electron chi connectivity index (χ1n) is 8.29. The van der Waals surface area contributed by atoms with Crippen molar-refractivity contribution in [2.75, 3.05) is 19.0 Å². The third-order valence-corrected chi connectivity index (χ3v) is 3.64. The average Bonchev–Trinajstić information content (AvgIpc) is 2.65. The van der Waals surface area contributed by atoms with Gasteiger partial charge in [0.1, 0.15) is 0 Å². The number of para-hydroxylation sites is 1. The van der Waals surface area contributed by atoms with E-state index >= 15 is 0 Å². The summed E-state index contributed by atoms with van der Waals surface area (Å²) in [5.74, 6) is -0.855. The second-order valence-corrected chi connectivity index (χ2v) is 6.18.